The maximum Gasteiger partial charge on any atom is 0.0822 e. The minimum absolute atomic E-state index is 0.174. The molecule has 2 aromatic heterocycles. The molecule has 0 aliphatic carbocycles. The van der Waals surface area contributed by atoms with E-state index in [1.807, 2.05) is 12.3 Å². The lowest BCUT2D eigenvalue weighted by molar-refractivity contribution is 0.894. The molecule has 0 radical (unpaired) electrons. The zero-order valence-corrected chi connectivity index (χ0v) is 14.1. The fourth-order valence-electron chi connectivity index (χ4n) is 2.39. The maximum absolute atomic E-state index is 3.51. The van der Waals surface area contributed by atoms with Crippen LogP contribution in [0, 0.1) is 6.92 Å². The van der Waals surface area contributed by atoms with Gasteiger partial charge in [-0.3, -0.25) is 0 Å². The Morgan fingerprint density at radius 1 is 0.950 bits per heavy atom. The van der Waals surface area contributed by atoms with E-state index in [2.05, 4.69) is 85.1 Å². The van der Waals surface area contributed by atoms with Crippen LogP contribution in [-0.4, -0.2) is 9.97 Å². The Bertz CT molecular complexity index is 670. The number of hydrogen-bond donors (Lipinski definition) is 2. The van der Waals surface area contributed by atoms with E-state index in [0.717, 1.165) is 20.5 Å². The highest BCUT2D eigenvalue weighted by Crippen LogP contribution is 2.32. The van der Waals surface area contributed by atoms with Gasteiger partial charge in [0.2, 0.25) is 0 Å². The highest BCUT2D eigenvalue weighted by Gasteiger charge is 2.19. The van der Waals surface area contributed by atoms with Crippen LogP contribution < -0.4 is 0 Å². The van der Waals surface area contributed by atoms with E-state index in [1.165, 1.54) is 11.1 Å². The number of aromatic amines is 2. The zero-order valence-electron chi connectivity index (χ0n) is 11.0. The summed E-state index contributed by atoms with van der Waals surface area (Å²) in [6, 6.07) is 14.9. The number of benzene rings is 1. The van der Waals surface area contributed by atoms with Gasteiger partial charge in [0, 0.05) is 22.1 Å². The summed E-state index contributed by atoms with van der Waals surface area (Å²) in [7, 11) is 0. The molecule has 2 nitrogen and oxygen atoms in total. The summed E-state index contributed by atoms with van der Waals surface area (Å²) in [5.74, 6) is 0.174. The Labute approximate surface area is 134 Å². The van der Waals surface area contributed by atoms with Crippen molar-refractivity contribution in [3.05, 3.63) is 80.3 Å². The Balaban J connectivity index is 2.10. The third kappa shape index (κ3) is 2.76. The van der Waals surface area contributed by atoms with Crippen molar-refractivity contribution in [1.29, 1.82) is 0 Å². The fraction of sp³-hybridized carbons (Fsp3) is 0.125. The van der Waals surface area contributed by atoms with Crippen LogP contribution in [0.2, 0.25) is 0 Å². The summed E-state index contributed by atoms with van der Waals surface area (Å²) < 4.78 is 2.06. The van der Waals surface area contributed by atoms with Crippen LogP contribution in [0.15, 0.2) is 57.7 Å². The Kier molecular flexibility index (Phi) is 3.85. The van der Waals surface area contributed by atoms with E-state index < -0.39 is 0 Å². The van der Waals surface area contributed by atoms with Crippen LogP contribution in [0.1, 0.15) is 28.4 Å². The number of nitrogens with one attached hydrogen (secondary N) is 2. The van der Waals surface area contributed by atoms with Gasteiger partial charge in [0.25, 0.3) is 0 Å². The molecule has 0 aliphatic heterocycles. The summed E-state index contributed by atoms with van der Waals surface area (Å²) in [6.45, 7) is 2.11. The average molecular weight is 394 g/mol. The smallest absolute Gasteiger partial charge is 0.0822 e. The van der Waals surface area contributed by atoms with Crippen LogP contribution in [0.4, 0.5) is 0 Å². The third-order valence-electron chi connectivity index (χ3n) is 3.38. The summed E-state index contributed by atoms with van der Waals surface area (Å²) >= 11 is 7.00. The minimum Gasteiger partial charge on any atom is -0.363 e. The molecule has 3 rings (SSSR count). The molecule has 1 unspecified atom stereocenters. The van der Waals surface area contributed by atoms with Gasteiger partial charge >= 0.3 is 0 Å². The van der Waals surface area contributed by atoms with E-state index in [4.69, 9.17) is 0 Å². The second-order valence-corrected chi connectivity index (χ2v) is 6.65. The van der Waals surface area contributed by atoms with Crippen molar-refractivity contribution in [3.8, 4) is 0 Å². The summed E-state index contributed by atoms with van der Waals surface area (Å²) in [5, 5.41) is 0. The molecule has 1 atom stereocenters. The standard InChI is InChI=1S/C16H14Br2N2/c1-10-2-4-11(5-3-10)16(13-6-7-15(18)20-13)14-8-12(17)9-19-14/h2-9,16,19-20H,1H3. The van der Waals surface area contributed by atoms with Gasteiger partial charge in [-0.05, 0) is 62.5 Å². The predicted octanol–water partition coefficient (Wildman–Crippen LogP) is 5.36. The molecule has 0 bridgehead atoms. The van der Waals surface area contributed by atoms with Gasteiger partial charge in [-0.1, -0.05) is 29.8 Å². The molecule has 0 fully saturated rings. The van der Waals surface area contributed by atoms with Crippen LogP contribution in [-0.2, 0) is 0 Å². The van der Waals surface area contributed by atoms with E-state index in [1.54, 1.807) is 0 Å². The zero-order chi connectivity index (χ0) is 14.1. The largest absolute Gasteiger partial charge is 0.363 e. The number of hydrogen-bond acceptors (Lipinski definition) is 0. The first kappa shape index (κ1) is 13.7. The first-order valence-electron chi connectivity index (χ1n) is 6.38. The average Bonchev–Trinajstić information content (AvgIpc) is 3.02. The lowest BCUT2D eigenvalue weighted by Crippen LogP contribution is -2.04. The summed E-state index contributed by atoms with van der Waals surface area (Å²) in [6.07, 6.45) is 1.97. The van der Waals surface area contributed by atoms with Gasteiger partial charge in [-0.25, -0.2) is 0 Å². The second kappa shape index (κ2) is 5.62. The molecule has 2 heterocycles. The number of halogens is 2. The summed E-state index contributed by atoms with van der Waals surface area (Å²) in [5.41, 5.74) is 4.86. The van der Waals surface area contributed by atoms with E-state index >= 15 is 0 Å². The van der Waals surface area contributed by atoms with E-state index in [9.17, 15) is 0 Å². The molecular weight excluding hydrogens is 380 g/mol. The van der Waals surface area contributed by atoms with Gasteiger partial charge in [0.05, 0.1) is 10.5 Å². The second-order valence-electron chi connectivity index (χ2n) is 4.88. The number of aromatic nitrogens is 2. The SMILES string of the molecule is Cc1ccc(C(c2cc(Br)c[nH]2)c2ccc(Br)[nH]2)cc1. The van der Waals surface area contributed by atoms with Crippen molar-refractivity contribution < 1.29 is 0 Å². The molecule has 0 saturated heterocycles. The molecule has 0 spiro atoms. The minimum atomic E-state index is 0.174. The van der Waals surface area contributed by atoms with Crippen molar-refractivity contribution in [1.82, 2.24) is 9.97 Å². The molecule has 3 aromatic rings. The van der Waals surface area contributed by atoms with Gasteiger partial charge in [-0.15, -0.1) is 0 Å². The first-order chi connectivity index (χ1) is 9.63. The Morgan fingerprint density at radius 2 is 1.70 bits per heavy atom. The van der Waals surface area contributed by atoms with E-state index in [-0.39, 0.29) is 5.92 Å². The molecule has 2 N–H and O–H groups in total. The summed E-state index contributed by atoms with van der Waals surface area (Å²) in [4.78, 5) is 6.72. The molecular formula is C16H14Br2N2. The van der Waals surface area contributed by atoms with Crippen molar-refractivity contribution in [2.45, 2.75) is 12.8 Å². The molecule has 20 heavy (non-hydrogen) atoms. The van der Waals surface area contributed by atoms with Crippen molar-refractivity contribution in [2.24, 2.45) is 0 Å². The Morgan fingerprint density at radius 3 is 2.25 bits per heavy atom. The van der Waals surface area contributed by atoms with E-state index in [0.29, 0.717) is 0 Å². The topological polar surface area (TPSA) is 31.6 Å². The highest BCUT2D eigenvalue weighted by atomic mass is 79.9. The third-order valence-corrected chi connectivity index (χ3v) is 4.30. The molecule has 0 aliphatic rings. The van der Waals surface area contributed by atoms with Crippen molar-refractivity contribution in [2.75, 3.05) is 0 Å². The van der Waals surface area contributed by atoms with Gasteiger partial charge in [0.1, 0.15) is 0 Å². The highest BCUT2D eigenvalue weighted by molar-refractivity contribution is 9.10. The van der Waals surface area contributed by atoms with Crippen LogP contribution in [0.3, 0.4) is 0 Å². The number of rotatable bonds is 3. The van der Waals surface area contributed by atoms with Gasteiger partial charge in [-0.2, -0.15) is 0 Å². The Hall–Kier alpha value is -1.26. The van der Waals surface area contributed by atoms with Crippen LogP contribution in [0.5, 0.6) is 0 Å². The lowest BCUT2D eigenvalue weighted by Gasteiger charge is -2.15. The van der Waals surface area contributed by atoms with Gasteiger partial charge < -0.3 is 9.97 Å². The first-order valence-corrected chi connectivity index (χ1v) is 7.97. The van der Waals surface area contributed by atoms with Crippen LogP contribution in [0.25, 0.3) is 0 Å². The predicted molar refractivity (Wildman–Crippen MR) is 89.1 cm³/mol. The lowest BCUT2D eigenvalue weighted by atomic mass is 9.92. The van der Waals surface area contributed by atoms with Gasteiger partial charge in [0.15, 0.2) is 0 Å². The molecule has 102 valence electrons. The molecule has 0 saturated carbocycles. The monoisotopic (exact) mass is 392 g/mol. The maximum atomic E-state index is 3.51. The fourth-order valence-corrected chi connectivity index (χ4v) is 3.11. The molecule has 4 heteroatoms. The number of aryl methyl sites for hydroxylation is 1. The van der Waals surface area contributed by atoms with Crippen LogP contribution >= 0.6 is 31.9 Å². The molecule has 1 aromatic carbocycles. The quantitative estimate of drug-likeness (QED) is 0.600. The normalized spacial score (nSPS) is 12.6. The molecule has 0 amide bonds. The van der Waals surface area contributed by atoms with Crippen molar-refractivity contribution >= 4 is 31.9 Å². The van der Waals surface area contributed by atoms with Crippen molar-refractivity contribution in [3.63, 3.8) is 0 Å². The number of H-pyrrole nitrogens is 2.